The van der Waals surface area contributed by atoms with Crippen LogP contribution in [0.25, 0.3) is 114 Å². The highest BCUT2D eigenvalue weighted by atomic mass is 32.1. The maximum atomic E-state index is 6.54. The number of rotatable bonds is 8. The van der Waals surface area contributed by atoms with Crippen LogP contribution in [-0.2, 0) is 0 Å². The number of furan rings is 1. The van der Waals surface area contributed by atoms with Gasteiger partial charge in [-0.1, -0.05) is 170 Å². The fourth-order valence-electron chi connectivity index (χ4n) is 10.8. The number of nitrogens with zero attached hydrogens (tertiary/aromatic N) is 2. The molecule has 14 rings (SSSR count). The SMILES string of the molecule is c1ccc(-c2cccc3c2oc2ccc(-c4ccc(N(c5ccc(-c6cccc7sc8ccccc8c67)cc5)c5ccc(-c6cccc7c6c6ccccc6n7-c6ccccc6)cc5)cc4)cc23)cc1. The van der Waals surface area contributed by atoms with Crippen LogP contribution >= 0.6 is 11.3 Å². The van der Waals surface area contributed by atoms with Crippen LogP contribution in [-0.4, -0.2) is 4.57 Å². The first-order chi connectivity index (χ1) is 34.7. The molecule has 3 aromatic heterocycles. The molecule has 11 aromatic carbocycles. The number of anilines is 3. The van der Waals surface area contributed by atoms with E-state index in [1.807, 2.05) is 11.3 Å². The number of para-hydroxylation sites is 3. The third kappa shape index (κ3) is 6.57. The number of hydrogen-bond donors (Lipinski definition) is 0. The van der Waals surface area contributed by atoms with Crippen LogP contribution < -0.4 is 4.90 Å². The van der Waals surface area contributed by atoms with Crippen molar-refractivity contribution in [1.82, 2.24) is 4.57 Å². The van der Waals surface area contributed by atoms with Crippen molar-refractivity contribution >= 4 is 92.3 Å². The summed E-state index contributed by atoms with van der Waals surface area (Å²) in [4.78, 5) is 2.37. The Labute approximate surface area is 409 Å². The summed E-state index contributed by atoms with van der Waals surface area (Å²) in [6, 6.07) is 92.2. The Morgan fingerprint density at radius 1 is 0.329 bits per heavy atom. The van der Waals surface area contributed by atoms with E-state index in [1.54, 1.807) is 0 Å². The lowest BCUT2D eigenvalue weighted by atomic mass is 9.98. The summed E-state index contributed by atoms with van der Waals surface area (Å²) >= 11 is 1.86. The van der Waals surface area contributed by atoms with Gasteiger partial charge in [-0.05, 0) is 124 Å². The third-order valence-electron chi connectivity index (χ3n) is 14.0. The van der Waals surface area contributed by atoms with Gasteiger partial charge in [0.1, 0.15) is 11.2 Å². The first kappa shape index (κ1) is 40.1. The minimum atomic E-state index is 0.887. The molecule has 0 aliphatic carbocycles. The van der Waals surface area contributed by atoms with E-state index < -0.39 is 0 Å². The summed E-state index contributed by atoms with van der Waals surface area (Å²) in [5.74, 6) is 0. The molecule has 0 fully saturated rings. The second-order valence-corrected chi connectivity index (χ2v) is 19.1. The number of aromatic nitrogens is 1. The fourth-order valence-corrected chi connectivity index (χ4v) is 11.9. The molecular weight excluding hydrogens is 869 g/mol. The van der Waals surface area contributed by atoms with Crippen LogP contribution in [0.1, 0.15) is 0 Å². The van der Waals surface area contributed by atoms with Crippen molar-refractivity contribution in [3.05, 3.63) is 255 Å². The van der Waals surface area contributed by atoms with Crippen LogP contribution in [0.4, 0.5) is 17.1 Å². The van der Waals surface area contributed by atoms with E-state index in [1.165, 1.54) is 64.2 Å². The quantitative estimate of drug-likeness (QED) is 0.151. The highest BCUT2D eigenvalue weighted by molar-refractivity contribution is 7.25. The van der Waals surface area contributed by atoms with Crippen LogP contribution in [0.2, 0.25) is 0 Å². The molecule has 0 aliphatic heterocycles. The van der Waals surface area contributed by atoms with Gasteiger partial charge >= 0.3 is 0 Å². The monoisotopic (exact) mass is 910 g/mol. The lowest BCUT2D eigenvalue weighted by Crippen LogP contribution is -2.09. The molecule has 0 N–H and O–H groups in total. The van der Waals surface area contributed by atoms with Crippen molar-refractivity contribution in [2.45, 2.75) is 0 Å². The van der Waals surface area contributed by atoms with Gasteiger partial charge in [0.25, 0.3) is 0 Å². The number of hydrogen-bond acceptors (Lipinski definition) is 3. The predicted molar refractivity (Wildman–Crippen MR) is 297 cm³/mol. The largest absolute Gasteiger partial charge is 0.455 e. The Morgan fingerprint density at radius 2 is 0.843 bits per heavy atom. The molecule has 328 valence electrons. The molecule has 70 heavy (non-hydrogen) atoms. The lowest BCUT2D eigenvalue weighted by Gasteiger charge is -2.26. The number of benzene rings is 11. The molecule has 0 saturated carbocycles. The van der Waals surface area contributed by atoms with Gasteiger partial charge in [0.2, 0.25) is 0 Å². The molecule has 0 amide bonds. The van der Waals surface area contributed by atoms with E-state index in [-0.39, 0.29) is 0 Å². The van der Waals surface area contributed by atoms with Crippen molar-refractivity contribution in [2.24, 2.45) is 0 Å². The van der Waals surface area contributed by atoms with Gasteiger partial charge in [0.15, 0.2) is 0 Å². The van der Waals surface area contributed by atoms with Gasteiger partial charge in [0, 0.05) is 70.0 Å². The van der Waals surface area contributed by atoms with Crippen molar-refractivity contribution < 1.29 is 4.42 Å². The fraction of sp³-hybridized carbons (Fsp3) is 0. The van der Waals surface area contributed by atoms with Gasteiger partial charge in [0.05, 0.1) is 11.0 Å². The predicted octanol–water partition coefficient (Wildman–Crippen LogP) is 19.2. The summed E-state index contributed by atoms with van der Waals surface area (Å²) in [6.45, 7) is 0. The zero-order valence-electron chi connectivity index (χ0n) is 38.0. The molecule has 0 atom stereocenters. The second kappa shape index (κ2) is 16.4. The average Bonchev–Trinajstić information content (AvgIpc) is 4.12. The molecule has 3 heterocycles. The van der Waals surface area contributed by atoms with E-state index in [0.29, 0.717) is 0 Å². The number of fused-ring (bicyclic) bond motifs is 9. The van der Waals surface area contributed by atoms with Crippen LogP contribution in [0.15, 0.2) is 259 Å². The normalized spacial score (nSPS) is 11.7. The second-order valence-electron chi connectivity index (χ2n) is 18.0. The van der Waals surface area contributed by atoms with Crippen molar-refractivity contribution in [3.63, 3.8) is 0 Å². The molecule has 3 nitrogen and oxygen atoms in total. The summed E-state index contributed by atoms with van der Waals surface area (Å²) in [6.07, 6.45) is 0. The molecule has 4 heteroatoms. The summed E-state index contributed by atoms with van der Waals surface area (Å²) < 4.78 is 11.5. The maximum absolute atomic E-state index is 6.54. The van der Waals surface area contributed by atoms with E-state index in [2.05, 4.69) is 264 Å². The van der Waals surface area contributed by atoms with Crippen molar-refractivity contribution in [1.29, 1.82) is 0 Å². The Balaban J connectivity index is 0.866. The molecule has 0 aliphatic rings. The average molecular weight is 911 g/mol. The topological polar surface area (TPSA) is 21.3 Å². The van der Waals surface area contributed by atoms with Gasteiger partial charge in [-0.25, -0.2) is 0 Å². The first-order valence-electron chi connectivity index (χ1n) is 23.8. The highest BCUT2D eigenvalue weighted by Crippen LogP contribution is 2.44. The minimum absolute atomic E-state index is 0.887. The highest BCUT2D eigenvalue weighted by Gasteiger charge is 2.19. The van der Waals surface area contributed by atoms with Crippen molar-refractivity contribution in [2.75, 3.05) is 4.90 Å². The standard InChI is InChI=1S/C66H42N2OS/c1-3-14-44(15-4-1)54-22-11-23-55-58-42-47(34-41-61(58)69-66(54)55)43-28-35-49(36-29-43)67(51-39-32-46(33-40-51)53-21-13-27-63-65(53)57-19-8-10-26-62(57)70-63)50-37-30-45(31-38-50)52-20-12-25-60-64(52)56-18-7-9-24-59(56)68(60)48-16-5-2-6-17-48/h1-42H. The van der Waals surface area contributed by atoms with E-state index in [0.717, 1.165) is 66.9 Å². The molecule has 0 spiro atoms. The lowest BCUT2D eigenvalue weighted by molar-refractivity contribution is 0.670. The smallest absolute Gasteiger partial charge is 0.143 e. The van der Waals surface area contributed by atoms with Crippen LogP contribution in [0, 0.1) is 0 Å². The summed E-state index contributed by atoms with van der Waals surface area (Å²) in [5.41, 5.74) is 18.0. The van der Waals surface area contributed by atoms with Gasteiger partial charge in [-0.15, -0.1) is 11.3 Å². The Kier molecular flexibility index (Phi) is 9.39. The van der Waals surface area contributed by atoms with Gasteiger partial charge in [-0.3, -0.25) is 0 Å². The molecule has 0 radical (unpaired) electrons. The molecule has 14 aromatic rings. The molecule has 0 saturated heterocycles. The zero-order chi connectivity index (χ0) is 46.1. The number of thiophene rings is 1. The first-order valence-corrected chi connectivity index (χ1v) is 24.6. The van der Waals surface area contributed by atoms with Crippen molar-refractivity contribution in [3.8, 4) is 50.2 Å². The maximum Gasteiger partial charge on any atom is 0.143 e. The molecule has 0 bridgehead atoms. The Bertz CT molecular complexity index is 4260. The Morgan fingerprint density at radius 3 is 1.57 bits per heavy atom. The van der Waals surface area contributed by atoms with E-state index >= 15 is 0 Å². The molecular formula is C66H42N2OS. The van der Waals surface area contributed by atoms with E-state index in [9.17, 15) is 0 Å². The van der Waals surface area contributed by atoms with Gasteiger partial charge < -0.3 is 13.9 Å². The molecule has 0 unspecified atom stereocenters. The summed E-state index contributed by atoms with van der Waals surface area (Å²) in [5, 5.41) is 7.35. The zero-order valence-corrected chi connectivity index (χ0v) is 38.8. The van der Waals surface area contributed by atoms with Gasteiger partial charge in [-0.2, -0.15) is 0 Å². The van der Waals surface area contributed by atoms with Crippen LogP contribution in [0.5, 0.6) is 0 Å². The summed E-state index contributed by atoms with van der Waals surface area (Å²) in [7, 11) is 0. The minimum Gasteiger partial charge on any atom is -0.455 e. The van der Waals surface area contributed by atoms with Crippen LogP contribution in [0.3, 0.4) is 0 Å². The van der Waals surface area contributed by atoms with E-state index in [4.69, 9.17) is 4.42 Å². The third-order valence-corrected chi connectivity index (χ3v) is 15.2. The Hall–Kier alpha value is -8.96.